The molecule has 3 aromatic rings. The van der Waals surface area contributed by atoms with E-state index < -0.39 is 35.2 Å². The Balaban J connectivity index is 1.57. The molecule has 3 atom stereocenters. The van der Waals surface area contributed by atoms with Crippen LogP contribution >= 0.6 is 0 Å². The SMILES string of the molecule is C=CC(O)N1C[C@@H](n2nc(C#Cc3c(F)c(F)c4c(ncn4C4CC4)c3F)c(C(N)=O)c2NC)C[C@@H]1COC. The van der Waals surface area contributed by atoms with Crippen molar-refractivity contribution in [1.82, 2.24) is 24.2 Å². The molecule has 4 N–H and O–H groups in total. The zero-order valence-electron chi connectivity index (χ0n) is 21.4. The number of methoxy groups -OCH3 is 1. The number of aromatic nitrogens is 4. The Morgan fingerprint density at radius 2 is 2.05 bits per heavy atom. The molecule has 1 unspecified atom stereocenters. The smallest absolute Gasteiger partial charge is 0.255 e. The van der Waals surface area contributed by atoms with Gasteiger partial charge in [0, 0.05) is 32.8 Å². The van der Waals surface area contributed by atoms with Gasteiger partial charge in [0.1, 0.15) is 34.2 Å². The van der Waals surface area contributed by atoms with Gasteiger partial charge in [-0.2, -0.15) is 5.10 Å². The second-order valence-corrected chi connectivity index (χ2v) is 9.62. The van der Waals surface area contributed by atoms with Crippen LogP contribution in [-0.2, 0) is 4.74 Å². The molecule has 2 fully saturated rings. The number of amides is 1. The van der Waals surface area contributed by atoms with Crippen LogP contribution in [-0.4, -0.2) is 74.8 Å². The average Bonchev–Trinajstić information content (AvgIpc) is 3.35. The molecule has 39 heavy (non-hydrogen) atoms. The number of nitrogens with two attached hydrogens (primary N) is 1. The molecule has 0 spiro atoms. The summed E-state index contributed by atoms with van der Waals surface area (Å²) in [5.41, 5.74) is 4.03. The quantitative estimate of drug-likeness (QED) is 0.226. The number of benzene rings is 1. The minimum atomic E-state index is -1.45. The molecule has 13 heteroatoms. The van der Waals surface area contributed by atoms with E-state index >= 15 is 8.78 Å². The Morgan fingerprint density at radius 3 is 2.67 bits per heavy atom. The Kier molecular flexibility index (Phi) is 7.11. The van der Waals surface area contributed by atoms with Gasteiger partial charge in [0.05, 0.1) is 19.0 Å². The topological polar surface area (TPSA) is 123 Å². The monoisotopic (exact) mass is 543 g/mol. The molecular weight excluding hydrogens is 515 g/mol. The number of halogens is 3. The molecule has 206 valence electrons. The fourth-order valence-electron chi connectivity index (χ4n) is 5.20. The molecule has 2 aromatic heterocycles. The molecule has 10 nitrogen and oxygen atoms in total. The van der Waals surface area contributed by atoms with Crippen LogP contribution in [0.5, 0.6) is 0 Å². The summed E-state index contributed by atoms with van der Waals surface area (Å²) < 4.78 is 53.5. The predicted molar refractivity (Wildman–Crippen MR) is 136 cm³/mol. The van der Waals surface area contributed by atoms with Gasteiger partial charge >= 0.3 is 0 Å². The highest BCUT2D eigenvalue weighted by atomic mass is 19.2. The predicted octanol–water partition coefficient (Wildman–Crippen LogP) is 2.29. The minimum absolute atomic E-state index is 0.0371. The maximum atomic E-state index is 15.3. The Morgan fingerprint density at radius 1 is 1.31 bits per heavy atom. The van der Waals surface area contributed by atoms with Crippen molar-refractivity contribution in [3.8, 4) is 11.8 Å². The number of nitrogens with one attached hydrogen (secondary N) is 1. The molecule has 0 radical (unpaired) electrons. The maximum Gasteiger partial charge on any atom is 0.255 e. The highest BCUT2D eigenvalue weighted by Gasteiger charge is 2.38. The van der Waals surface area contributed by atoms with Crippen LogP contribution in [0.1, 0.15) is 53.0 Å². The van der Waals surface area contributed by atoms with Gasteiger partial charge in [-0.25, -0.2) is 22.8 Å². The van der Waals surface area contributed by atoms with E-state index in [1.54, 1.807) is 19.1 Å². The number of fused-ring (bicyclic) bond motifs is 1. The van der Waals surface area contributed by atoms with Crippen molar-refractivity contribution in [3.63, 3.8) is 0 Å². The number of likely N-dealkylation sites (tertiary alicyclic amines) is 1. The molecule has 1 saturated carbocycles. The molecule has 1 aliphatic heterocycles. The van der Waals surface area contributed by atoms with Crippen molar-refractivity contribution in [2.75, 3.05) is 32.6 Å². The summed E-state index contributed by atoms with van der Waals surface area (Å²) in [6.45, 7) is 4.30. The zero-order valence-corrected chi connectivity index (χ0v) is 21.4. The molecular formula is C26H28F3N7O3. The molecule has 0 bridgehead atoms. The number of carbonyl (C=O) groups excluding carboxylic acids is 1. The van der Waals surface area contributed by atoms with E-state index in [0.717, 1.165) is 12.8 Å². The summed E-state index contributed by atoms with van der Waals surface area (Å²) >= 11 is 0. The van der Waals surface area contributed by atoms with Crippen molar-refractivity contribution in [2.45, 2.75) is 43.6 Å². The van der Waals surface area contributed by atoms with Gasteiger partial charge < -0.3 is 25.5 Å². The summed E-state index contributed by atoms with van der Waals surface area (Å²) in [7, 11) is 3.11. The second-order valence-electron chi connectivity index (χ2n) is 9.62. The van der Waals surface area contributed by atoms with Gasteiger partial charge in [-0.05, 0) is 31.3 Å². The average molecular weight is 544 g/mol. The van der Waals surface area contributed by atoms with Gasteiger partial charge in [-0.15, -0.1) is 0 Å². The van der Waals surface area contributed by atoms with Crippen molar-refractivity contribution >= 4 is 22.8 Å². The van der Waals surface area contributed by atoms with Gasteiger partial charge in [0.25, 0.3) is 5.91 Å². The molecule has 3 heterocycles. The van der Waals surface area contributed by atoms with E-state index in [0.29, 0.717) is 19.6 Å². The maximum absolute atomic E-state index is 15.3. The molecule has 1 amide bonds. The Hall–Kier alpha value is -3.86. The van der Waals surface area contributed by atoms with Crippen LogP contribution in [0.2, 0.25) is 0 Å². The standard InChI is InChI=1S/C26H28F3N7O3/c1-4-18(37)34-10-14(9-15(34)11-39-3)36-26(31-2)19(25(30)38)17(33-36)8-7-16-20(27)22(29)24-23(21(16)28)32-12-35(24)13-5-6-13/h4,12-15,18,31,37H,1,5-6,9-11H2,2-3H3,(H2,30,38)/t14-,15+,18?/m0/s1. The zero-order chi connectivity index (χ0) is 28.0. The third-order valence-corrected chi connectivity index (χ3v) is 7.17. The van der Waals surface area contributed by atoms with Crippen LogP contribution in [0.25, 0.3) is 11.0 Å². The number of rotatable bonds is 8. The lowest BCUT2D eigenvalue weighted by atomic mass is 10.1. The van der Waals surface area contributed by atoms with E-state index in [4.69, 9.17) is 10.5 Å². The van der Waals surface area contributed by atoms with E-state index in [9.17, 15) is 14.3 Å². The number of anilines is 1. The Labute approximate surface area is 222 Å². The highest BCUT2D eigenvalue weighted by Crippen LogP contribution is 2.39. The van der Waals surface area contributed by atoms with Crippen molar-refractivity contribution < 1.29 is 27.8 Å². The highest BCUT2D eigenvalue weighted by molar-refractivity contribution is 6.00. The summed E-state index contributed by atoms with van der Waals surface area (Å²) in [6, 6.07) is -0.559. The van der Waals surface area contributed by atoms with Crippen LogP contribution in [0, 0.1) is 29.3 Å². The molecule has 5 rings (SSSR count). The number of aliphatic hydroxyl groups excluding tert-OH is 1. The van der Waals surface area contributed by atoms with Crippen LogP contribution in [0.15, 0.2) is 19.0 Å². The lowest BCUT2D eigenvalue weighted by Gasteiger charge is -2.26. The normalized spacial score (nSPS) is 20.2. The first-order valence-corrected chi connectivity index (χ1v) is 12.4. The first kappa shape index (κ1) is 26.7. The third kappa shape index (κ3) is 4.54. The summed E-state index contributed by atoms with van der Waals surface area (Å²) in [5, 5.41) is 17.7. The van der Waals surface area contributed by atoms with Gasteiger partial charge in [0.15, 0.2) is 23.1 Å². The van der Waals surface area contributed by atoms with E-state index in [2.05, 4.69) is 33.8 Å². The van der Waals surface area contributed by atoms with E-state index in [1.165, 1.54) is 21.7 Å². The fraction of sp³-hybridized carbons (Fsp3) is 0.423. The fourth-order valence-corrected chi connectivity index (χ4v) is 5.20. The van der Waals surface area contributed by atoms with Crippen LogP contribution < -0.4 is 11.1 Å². The Bertz CT molecular complexity index is 1520. The second kappa shape index (κ2) is 10.4. The first-order valence-electron chi connectivity index (χ1n) is 12.4. The molecule has 1 aromatic carbocycles. The van der Waals surface area contributed by atoms with Crippen LogP contribution in [0.4, 0.5) is 19.0 Å². The third-order valence-electron chi connectivity index (χ3n) is 7.17. The number of hydrogen-bond acceptors (Lipinski definition) is 7. The van der Waals surface area contributed by atoms with Gasteiger partial charge in [0.2, 0.25) is 0 Å². The van der Waals surface area contributed by atoms with Crippen molar-refractivity contribution in [3.05, 3.63) is 53.3 Å². The summed E-state index contributed by atoms with van der Waals surface area (Å²) in [6.07, 6.45) is 3.81. The van der Waals surface area contributed by atoms with Crippen molar-refractivity contribution in [2.24, 2.45) is 5.73 Å². The molecule has 1 aliphatic carbocycles. The number of nitrogens with zero attached hydrogens (tertiary/aromatic N) is 5. The minimum Gasteiger partial charge on any atom is -0.383 e. The summed E-state index contributed by atoms with van der Waals surface area (Å²) in [5.74, 6) is 0.422. The largest absolute Gasteiger partial charge is 0.383 e. The molecule has 1 saturated heterocycles. The van der Waals surface area contributed by atoms with Crippen LogP contribution in [0.3, 0.4) is 0 Å². The van der Waals surface area contributed by atoms with E-state index in [-0.39, 0.29) is 46.2 Å². The lowest BCUT2D eigenvalue weighted by Crippen LogP contribution is -2.40. The van der Waals surface area contributed by atoms with Crippen molar-refractivity contribution in [1.29, 1.82) is 0 Å². The lowest BCUT2D eigenvalue weighted by molar-refractivity contribution is 0.00605. The number of carbonyl (C=O) groups is 1. The number of ether oxygens (including phenoxy) is 1. The van der Waals surface area contributed by atoms with Gasteiger partial charge in [-0.1, -0.05) is 12.5 Å². The molecule has 2 aliphatic rings. The van der Waals surface area contributed by atoms with E-state index in [1.807, 2.05) is 0 Å². The summed E-state index contributed by atoms with van der Waals surface area (Å²) in [4.78, 5) is 18.1. The number of imidazole rings is 1. The number of aliphatic hydroxyl groups is 1. The first-order chi connectivity index (χ1) is 18.7. The van der Waals surface area contributed by atoms with Gasteiger partial charge in [-0.3, -0.25) is 9.69 Å². The number of primary amides is 1. The number of hydrogen-bond donors (Lipinski definition) is 3.